The molecule has 2 bridgehead atoms. The number of nitrogens with zero attached hydrogens (tertiary/aromatic N) is 2. The first-order valence-electron chi connectivity index (χ1n) is 14.1. The molecule has 2 aliphatic rings. The van der Waals surface area contributed by atoms with Crippen LogP contribution in [0.25, 0.3) is 10.9 Å². The molecule has 40 heavy (non-hydrogen) atoms. The normalized spacial score (nSPS) is 19.4. The summed E-state index contributed by atoms with van der Waals surface area (Å²) >= 11 is 6.36. The fraction of sp³-hybridized carbons (Fsp3) is 0.467. The number of ether oxygens (including phenoxy) is 2. The second-order valence-electron chi connectivity index (χ2n) is 10.5. The molecule has 1 aromatic heterocycles. The van der Waals surface area contributed by atoms with Crippen LogP contribution >= 0.6 is 11.6 Å². The molecular formula is C30H36ClN5O4. The summed E-state index contributed by atoms with van der Waals surface area (Å²) in [6, 6.07) is 8.65. The molecule has 2 aromatic carbocycles. The molecule has 10 heteroatoms. The van der Waals surface area contributed by atoms with E-state index in [9.17, 15) is 9.59 Å². The Balaban J connectivity index is 1.44. The van der Waals surface area contributed by atoms with Gasteiger partial charge in [-0.2, -0.15) is 0 Å². The number of aryl methyl sites for hydroxylation is 1. The molecule has 212 valence electrons. The van der Waals surface area contributed by atoms with E-state index in [2.05, 4.69) is 25.9 Å². The SMILES string of the molecule is COc1cc2ncnc3c2cc1OCCCNC(=O)[C@@H](CC1CCCCC1)NC(=O)CCc1ccc(Cl)cc1N3. The molecular weight excluding hydrogens is 530 g/mol. The highest BCUT2D eigenvalue weighted by Crippen LogP contribution is 2.36. The number of nitrogens with one attached hydrogen (secondary N) is 3. The highest BCUT2D eigenvalue weighted by atomic mass is 35.5. The predicted octanol–water partition coefficient (Wildman–Crippen LogP) is 5.32. The van der Waals surface area contributed by atoms with Crippen molar-refractivity contribution in [2.24, 2.45) is 5.92 Å². The summed E-state index contributed by atoms with van der Waals surface area (Å²) in [4.78, 5) is 35.2. The van der Waals surface area contributed by atoms with Gasteiger partial charge in [0, 0.05) is 35.1 Å². The quantitative estimate of drug-likeness (QED) is 0.393. The van der Waals surface area contributed by atoms with Gasteiger partial charge in [0.05, 0.1) is 19.2 Å². The van der Waals surface area contributed by atoms with Crippen molar-refractivity contribution in [2.75, 3.05) is 25.6 Å². The van der Waals surface area contributed by atoms with Crippen molar-refractivity contribution in [3.05, 3.63) is 47.2 Å². The first-order chi connectivity index (χ1) is 19.5. The average Bonchev–Trinajstić information content (AvgIpc) is 2.96. The van der Waals surface area contributed by atoms with Crippen molar-refractivity contribution in [1.82, 2.24) is 20.6 Å². The number of anilines is 2. The van der Waals surface area contributed by atoms with E-state index in [-0.39, 0.29) is 18.2 Å². The van der Waals surface area contributed by atoms with Gasteiger partial charge in [-0.15, -0.1) is 0 Å². The van der Waals surface area contributed by atoms with Gasteiger partial charge in [0.2, 0.25) is 11.8 Å². The summed E-state index contributed by atoms with van der Waals surface area (Å²) in [6.07, 6.45) is 9.26. The molecule has 0 saturated heterocycles. The molecule has 0 spiro atoms. The van der Waals surface area contributed by atoms with E-state index in [1.165, 1.54) is 25.6 Å². The van der Waals surface area contributed by atoms with Crippen molar-refractivity contribution < 1.29 is 19.1 Å². The fourth-order valence-electron chi connectivity index (χ4n) is 5.54. The lowest BCUT2D eigenvalue weighted by molar-refractivity contribution is -0.129. The number of carbonyl (C=O) groups is 2. The maximum atomic E-state index is 13.2. The molecule has 3 aromatic rings. The van der Waals surface area contributed by atoms with Crippen molar-refractivity contribution in [3.63, 3.8) is 0 Å². The van der Waals surface area contributed by atoms with Crippen molar-refractivity contribution in [3.8, 4) is 11.5 Å². The Hall–Kier alpha value is -3.59. The Labute approximate surface area is 239 Å². The van der Waals surface area contributed by atoms with Gasteiger partial charge in [-0.25, -0.2) is 9.97 Å². The fourth-order valence-corrected chi connectivity index (χ4v) is 5.71. The van der Waals surface area contributed by atoms with Gasteiger partial charge in [-0.3, -0.25) is 9.59 Å². The molecule has 1 fully saturated rings. The lowest BCUT2D eigenvalue weighted by atomic mass is 9.84. The van der Waals surface area contributed by atoms with Crippen LogP contribution in [0.2, 0.25) is 5.02 Å². The minimum atomic E-state index is -0.552. The molecule has 2 heterocycles. The van der Waals surface area contributed by atoms with Crippen LogP contribution in [-0.4, -0.2) is 48.1 Å². The molecule has 1 aliphatic heterocycles. The smallest absolute Gasteiger partial charge is 0.242 e. The maximum absolute atomic E-state index is 13.2. The number of amides is 2. The van der Waals surface area contributed by atoms with Crippen LogP contribution in [0.5, 0.6) is 11.5 Å². The van der Waals surface area contributed by atoms with Crippen LogP contribution in [-0.2, 0) is 16.0 Å². The molecule has 0 radical (unpaired) electrons. The zero-order valence-electron chi connectivity index (χ0n) is 22.8. The molecule has 0 unspecified atom stereocenters. The van der Waals surface area contributed by atoms with E-state index in [1.807, 2.05) is 24.3 Å². The summed E-state index contributed by atoms with van der Waals surface area (Å²) in [7, 11) is 1.59. The van der Waals surface area contributed by atoms with Gasteiger partial charge in [-0.05, 0) is 48.9 Å². The van der Waals surface area contributed by atoms with E-state index in [0.717, 1.165) is 29.5 Å². The van der Waals surface area contributed by atoms with Crippen LogP contribution in [0, 0.1) is 5.92 Å². The van der Waals surface area contributed by atoms with Crippen molar-refractivity contribution in [1.29, 1.82) is 0 Å². The number of hydrogen-bond donors (Lipinski definition) is 3. The molecule has 1 aliphatic carbocycles. The van der Waals surface area contributed by atoms with Gasteiger partial charge in [0.15, 0.2) is 11.5 Å². The third kappa shape index (κ3) is 6.94. The summed E-state index contributed by atoms with van der Waals surface area (Å²) in [5.41, 5.74) is 2.34. The Kier molecular flexibility index (Phi) is 9.21. The van der Waals surface area contributed by atoms with Gasteiger partial charge < -0.3 is 25.4 Å². The number of rotatable bonds is 3. The summed E-state index contributed by atoms with van der Waals surface area (Å²) in [6.45, 7) is 0.812. The molecule has 2 amide bonds. The molecule has 9 nitrogen and oxygen atoms in total. The van der Waals surface area contributed by atoms with Gasteiger partial charge >= 0.3 is 0 Å². The third-order valence-electron chi connectivity index (χ3n) is 7.69. The van der Waals surface area contributed by atoms with Crippen LogP contribution in [0.4, 0.5) is 11.5 Å². The van der Waals surface area contributed by atoms with Crippen LogP contribution in [0.3, 0.4) is 0 Å². The van der Waals surface area contributed by atoms with E-state index in [4.69, 9.17) is 21.1 Å². The number of halogens is 1. The second kappa shape index (κ2) is 13.2. The minimum Gasteiger partial charge on any atom is -0.493 e. The van der Waals surface area contributed by atoms with Crippen LogP contribution in [0.1, 0.15) is 56.9 Å². The molecule has 3 N–H and O–H groups in total. The van der Waals surface area contributed by atoms with Gasteiger partial charge in [0.1, 0.15) is 18.2 Å². The molecule has 5 rings (SSSR count). The number of benzene rings is 2. The van der Waals surface area contributed by atoms with Crippen molar-refractivity contribution >= 4 is 45.8 Å². The lowest BCUT2D eigenvalue weighted by Crippen LogP contribution is -2.48. The first-order valence-corrected chi connectivity index (χ1v) is 14.5. The lowest BCUT2D eigenvalue weighted by Gasteiger charge is -2.27. The Morgan fingerprint density at radius 3 is 2.73 bits per heavy atom. The predicted molar refractivity (Wildman–Crippen MR) is 155 cm³/mol. The number of aromatic nitrogens is 2. The molecule has 1 saturated carbocycles. The highest BCUT2D eigenvalue weighted by molar-refractivity contribution is 6.30. The minimum absolute atomic E-state index is 0.140. The van der Waals surface area contributed by atoms with E-state index in [1.54, 1.807) is 13.2 Å². The van der Waals surface area contributed by atoms with Crippen molar-refractivity contribution in [2.45, 2.75) is 63.8 Å². The largest absolute Gasteiger partial charge is 0.493 e. The number of hydrogen-bond acceptors (Lipinski definition) is 7. The average molecular weight is 566 g/mol. The summed E-state index contributed by atoms with van der Waals surface area (Å²) in [5, 5.41) is 10.8. The third-order valence-corrected chi connectivity index (χ3v) is 7.93. The van der Waals surface area contributed by atoms with Crippen LogP contribution in [0.15, 0.2) is 36.7 Å². The first kappa shape index (κ1) is 28.0. The zero-order valence-corrected chi connectivity index (χ0v) is 23.6. The monoisotopic (exact) mass is 565 g/mol. The maximum Gasteiger partial charge on any atom is 0.242 e. The van der Waals surface area contributed by atoms with Gasteiger partial charge in [0.25, 0.3) is 0 Å². The highest BCUT2D eigenvalue weighted by Gasteiger charge is 2.26. The summed E-state index contributed by atoms with van der Waals surface area (Å²) < 4.78 is 11.6. The second-order valence-corrected chi connectivity index (χ2v) is 11.0. The standard InChI is InChI=1S/C30H36ClN5O4/c1-39-26-17-24-22-16-27(26)40-13-5-12-32-30(38)25(14-19-6-3-2-4-7-19)35-28(37)11-9-20-8-10-21(31)15-23(20)36-29(22)34-18-33-24/h8,10,15-19,25H,2-7,9,11-14H2,1H3,(H,32,38)(H,35,37)(H,33,34,36)/t25-/m1/s1. The zero-order chi connectivity index (χ0) is 27.9. The Morgan fingerprint density at radius 1 is 1.05 bits per heavy atom. The van der Waals surface area contributed by atoms with E-state index in [0.29, 0.717) is 66.2 Å². The Morgan fingerprint density at radius 2 is 1.90 bits per heavy atom. The number of methoxy groups -OCH3 is 1. The van der Waals surface area contributed by atoms with Gasteiger partial charge in [-0.1, -0.05) is 49.8 Å². The molecule has 1 atom stereocenters. The number of carbonyl (C=O) groups excluding carboxylic acids is 2. The number of fused-ring (bicyclic) bond motifs is 2. The van der Waals surface area contributed by atoms with E-state index < -0.39 is 6.04 Å². The Bertz CT molecular complexity index is 1360. The van der Waals surface area contributed by atoms with E-state index >= 15 is 0 Å². The topological polar surface area (TPSA) is 114 Å². The van der Waals surface area contributed by atoms with Crippen LogP contribution < -0.4 is 25.4 Å². The summed E-state index contributed by atoms with van der Waals surface area (Å²) in [5.74, 6) is 1.88.